The molecule has 1 heterocycles. The summed E-state index contributed by atoms with van der Waals surface area (Å²) in [5.74, 6) is -3.83. The molecule has 0 amide bonds. The molecular formula is C20H10ClF4NO2. The van der Waals surface area contributed by atoms with Crippen LogP contribution in [0.4, 0.5) is 17.6 Å². The molecule has 0 saturated heterocycles. The molecular weight excluding hydrogens is 398 g/mol. The number of para-hydroxylation sites is 1. The fraction of sp³-hybridized carbons (Fsp3) is 0. The number of nitrogens with zero attached hydrogens (tertiary/aromatic N) is 1. The number of aldehydes is 1. The Morgan fingerprint density at radius 1 is 0.929 bits per heavy atom. The number of hydrogen-bond donors (Lipinski definition) is 0. The zero-order valence-electron chi connectivity index (χ0n) is 13.9. The van der Waals surface area contributed by atoms with Gasteiger partial charge in [0.15, 0.2) is 6.29 Å². The third kappa shape index (κ3) is 3.61. The number of aromatic nitrogens is 1. The van der Waals surface area contributed by atoms with Gasteiger partial charge >= 0.3 is 0 Å². The highest BCUT2D eigenvalue weighted by atomic mass is 35.5. The van der Waals surface area contributed by atoms with E-state index in [1.807, 2.05) is 0 Å². The lowest BCUT2D eigenvalue weighted by atomic mass is 10.0. The lowest BCUT2D eigenvalue weighted by Crippen LogP contribution is -2.19. The van der Waals surface area contributed by atoms with Crippen molar-refractivity contribution < 1.29 is 22.4 Å². The van der Waals surface area contributed by atoms with E-state index in [0.29, 0.717) is 10.6 Å². The molecule has 0 radical (unpaired) electrons. The topological polar surface area (TPSA) is 39.1 Å². The van der Waals surface area contributed by atoms with Crippen molar-refractivity contribution in [2.75, 3.05) is 0 Å². The Bertz CT molecular complexity index is 1150. The Hall–Kier alpha value is -3.19. The van der Waals surface area contributed by atoms with Crippen molar-refractivity contribution in [1.29, 1.82) is 0 Å². The predicted molar refractivity (Wildman–Crippen MR) is 97.0 cm³/mol. The summed E-state index contributed by atoms with van der Waals surface area (Å²) in [7, 11) is 0. The van der Waals surface area contributed by atoms with E-state index in [0.717, 1.165) is 42.6 Å². The molecule has 0 bridgehead atoms. The minimum Gasteiger partial charge on any atom is -0.298 e. The number of allylic oxidation sites excluding steroid dienone is 1. The summed E-state index contributed by atoms with van der Waals surface area (Å²) in [6.45, 7) is 0. The molecule has 28 heavy (non-hydrogen) atoms. The molecule has 2 aromatic carbocycles. The molecule has 8 heteroatoms. The Labute approximate surface area is 161 Å². The van der Waals surface area contributed by atoms with Gasteiger partial charge in [-0.15, -0.1) is 0 Å². The van der Waals surface area contributed by atoms with Gasteiger partial charge in [-0.1, -0.05) is 17.7 Å². The van der Waals surface area contributed by atoms with Crippen LogP contribution in [-0.4, -0.2) is 10.9 Å². The van der Waals surface area contributed by atoms with Crippen molar-refractivity contribution in [2.45, 2.75) is 0 Å². The van der Waals surface area contributed by atoms with E-state index in [4.69, 9.17) is 11.6 Å². The number of carbonyl (C=O) groups excluding carboxylic acids is 1. The largest absolute Gasteiger partial charge is 0.298 e. The Morgan fingerprint density at radius 2 is 1.61 bits per heavy atom. The zero-order chi connectivity index (χ0) is 20.4. The van der Waals surface area contributed by atoms with Crippen LogP contribution >= 0.6 is 11.6 Å². The Morgan fingerprint density at radius 3 is 2.21 bits per heavy atom. The normalized spacial score (nSPS) is 11.9. The first-order valence-electron chi connectivity index (χ1n) is 7.81. The highest BCUT2D eigenvalue weighted by molar-refractivity contribution is 6.55. The molecule has 0 fully saturated rings. The van der Waals surface area contributed by atoms with Gasteiger partial charge < -0.3 is 0 Å². The minimum absolute atomic E-state index is 0.0229. The van der Waals surface area contributed by atoms with Crippen molar-refractivity contribution in [2.24, 2.45) is 0 Å². The van der Waals surface area contributed by atoms with Crippen molar-refractivity contribution in [3.63, 3.8) is 0 Å². The number of hydrogen-bond acceptors (Lipinski definition) is 2. The van der Waals surface area contributed by atoms with Gasteiger partial charge in [0.2, 0.25) is 0 Å². The van der Waals surface area contributed by atoms with Gasteiger partial charge in [0.1, 0.15) is 29.0 Å². The first kappa shape index (κ1) is 19.6. The molecule has 1 aromatic heterocycles. The fourth-order valence-electron chi connectivity index (χ4n) is 2.61. The Kier molecular flexibility index (Phi) is 5.46. The number of benzene rings is 2. The third-order valence-corrected chi connectivity index (χ3v) is 4.34. The van der Waals surface area contributed by atoms with Crippen LogP contribution in [0, 0.1) is 23.3 Å². The lowest BCUT2D eigenvalue weighted by molar-refractivity contribution is -0.103. The molecule has 0 aliphatic carbocycles. The highest BCUT2D eigenvalue weighted by Gasteiger charge is 2.17. The third-order valence-electron chi connectivity index (χ3n) is 3.92. The van der Waals surface area contributed by atoms with Crippen molar-refractivity contribution in [3.05, 3.63) is 99.5 Å². The fourth-order valence-corrected chi connectivity index (χ4v) is 2.87. The highest BCUT2D eigenvalue weighted by Crippen LogP contribution is 2.30. The summed E-state index contributed by atoms with van der Waals surface area (Å²) in [5, 5.41) is -0.286. The number of halogens is 5. The molecule has 0 N–H and O–H groups in total. The van der Waals surface area contributed by atoms with E-state index < -0.39 is 34.5 Å². The second kappa shape index (κ2) is 7.82. The molecule has 0 aliphatic heterocycles. The van der Waals surface area contributed by atoms with Crippen molar-refractivity contribution >= 4 is 28.5 Å². The number of pyridine rings is 1. The summed E-state index contributed by atoms with van der Waals surface area (Å²) in [6, 6.07) is 7.85. The lowest BCUT2D eigenvalue weighted by Gasteiger charge is -2.11. The SMILES string of the molecule is O=CC(=C(Cl)c1ccc(=O)n(-c2c(F)cccc2F)c1)c1ccc(F)cc1F. The van der Waals surface area contributed by atoms with E-state index >= 15 is 0 Å². The van der Waals surface area contributed by atoms with E-state index in [9.17, 15) is 27.2 Å². The molecule has 142 valence electrons. The van der Waals surface area contributed by atoms with Crippen LogP contribution in [0.1, 0.15) is 11.1 Å². The molecule has 3 nitrogen and oxygen atoms in total. The summed E-state index contributed by atoms with van der Waals surface area (Å²) < 4.78 is 55.9. The molecule has 0 spiro atoms. The van der Waals surface area contributed by atoms with Crippen LogP contribution in [0.2, 0.25) is 0 Å². The zero-order valence-corrected chi connectivity index (χ0v) is 14.7. The van der Waals surface area contributed by atoms with Crippen LogP contribution in [0.5, 0.6) is 0 Å². The maximum atomic E-state index is 14.0. The van der Waals surface area contributed by atoms with Crippen LogP contribution in [-0.2, 0) is 4.79 Å². The summed E-state index contributed by atoms with van der Waals surface area (Å²) in [4.78, 5) is 23.6. The first-order valence-corrected chi connectivity index (χ1v) is 8.19. The van der Waals surface area contributed by atoms with Crippen LogP contribution in [0.25, 0.3) is 16.3 Å². The summed E-state index contributed by atoms with van der Waals surface area (Å²) >= 11 is 6.20. The van der Waals surface area contributed by atoms with Crippen LogP contribution < -0.4 is 5.56 Å². The van der Waals surface area contributed by atoms with Crippen LogP contribution in [0.15, 0.2) is 59.5 Å². The maximum absolute atomic E-state index is 14.0. The van der Waals surface area contributed by atoms with E-state index in [2.05, 4.69) is 0 Å². The van der Waals surface area contributed by atoms with E-state index in [1.165, 1.54) is 6.07 Å². The molecule has 0 saturated carbocycles. The molecule has 3 aromatic rings. The molecule has 3 rings (SSSR count). The van der Waals surface area contributed by atoms with Crippen LogP contribution in [0.3, 0.4) is 0 Å². The smallest absolute Gasteiger partial charge is 0.255 e. The van der Waals surface area contributed by atoms with Crippen molar-refractivity contribution in [3.8, 4) is 5.69 Å². The first-order chi connectivity index (χ1) is 13.3. The monoisotopic (exact) mass is 407 g/mol. The number of rotatable bonds is 4. The van der Waals surface area contributed by atoms with E-state index in [1.54, 1.807) is 0 Å². The van der Waals surface area contributed by atoms with Crippen molar-refractivity contribution in [1.82, 2.24) is 4.57 Å². The van der Waals surface area contributed by atoms with Gasteiger partial charge in [-0.25, -0.2) is 17.6 Å². The van der Waals surface area contributed by atoms with Gasteiger partial charge in [0.05, 0.1) is 5.03 Å². The average molecular weight is 408 g/mol. The van der Waals surface area contributed by atoms with Gasteiger partial charge in [0, 0.05) is 35.0 Å². The Balaban J connectivity index is 2.22. The standard InChI is InChI=1S/C20H10ClF4NO2/c21-19(14(10-27)13-6-5-12(22)8-17(13)25)11-4-7-18(28)26(9-11)20-15(23)2-1-3-16(20)24/h1-10H. The summed E-state index contributed by atoms with van der Waals surface area (Å²) in [6.07, 6.45) is 1.29. The molecule has 0 atom stereocenters. The predicted octanol–water partition coefficient (Wildman–Crippen LogP) is 4.70. The minimum atomic E-state index is -1.02. The maximum Gasteiger partial charge on any atom is 0.255 e. The quantitative estimate of drug-likeness (QED) is 0.357. The van der Waals surface area contributed by atoms with E-state index in [-0.39, 0.29) is 28.0 Å². The molecule has 0 aliphatic rings. The van der Waals surface area contributed by atoms with Gasteiger partial charge in [-0.2, -0.15) is 0 Å². The number of carbonyl (C=O) groups is 1. The van der Waals surface area contributed by atoms with Gasteiger partial charge in [-0.05, 0) is 30.3 Å². The molecule has 0 unspecified atom stereocenters. The van der Waals surface area contributed by atoms with Gasteiger partial charge in [0.25, 0.3) is 5.56 Å². The second-order valence-corrected chi connectivity index (χ2v) is 6.04. The average Bonchev–Trinajstić information content (AvgIpc) is 2.65. The summed E-state index contributed by atoms with van der Waals surface area (Å²) in [5.41, 5.74) is -1.94. The van der Waals surface area contributed by atoms with Gasteiger partial charge in [-0.3, -0.25) is 14.2 Å². The second-order valence-electron chi connectivity index (χ2n) is 5.67.